The van der Waals surface area contributed by atoms with Gasteiger partial charge in [-0.05, 0) is 102 Å². The van der Waals surface area contributed by atoms with Gasteiger partial charge in [-0.3, -0.25) is 9.59 Å². The second kappa shape index (κ2) is 16.4. The normalized spacial score (nSPS) is 12.8. The number of benzene rings is 5. The molecule has 0 saturated heterocycles. The van der Waals surface area contributed by atoms with Crippen molar-refractivity contribution in [3.63, 3.8) is 0 Å². The minimum Gasteiger partial charge on any atom is -0.396 e. The van der Waals surface area contributed by atoms with E-state index in [2.05, 4.69) is 17.7 Å². The molecule has 0 unspecified atom stereocenters. The second-order valence-corrected chi connectivity index (χ2v) is 15.6. The van der Waals surface area contributed by atoms with E-state index in [-0.39, 0.29) is 28.5 Å². The summed E-state index contributed by atoms with van der Waals surface area (Å²) >= 11 is 0. The highest BCUT2D eigenvalue weighted by molar-refractivity contribution is 7.90. The number of hydrogen-bond donors (Lipinski definition) is 3. The Morgan fingerprint density at radius 3 is 2.31 bits per heavy atom. The molecule has 5 aromatic carbocycles. The first-order chi connectivity index (χ1) is 26.7. The summed E-state index contributed by atoms with van der Waals surface area (Å²) < 4.78 is 31.1. The van der Waals surface area contributed by atoms with Gasteiger partial charge < -0.3 is 15.1 Å². The Bertz CT molecular complexity index is 2470. The van der Waals surface area contributed by atoms with Gasteiger partial charge in [-0.1, -0.05) is 86.1 Å². The van der Waals surface area contributed by atoms with Gasteiger partial charge in [-0.2, -0.15) is 5.10 Å². The maximum absolute atomic E-state index is 14.7. The van der Waals surface area contributed by atoms with Crippen molar-refractivity contribution < 1.29 is 28.2 Å². The van der Waals surface area contributed by atoms with Crippen molar-refractivity contribution in [1.82, 2.24) is 19.4 Å². The number of nitrogens with one attached hydrogen (secondary N) is 1. The van der Waals surface area contributed by atoms with Gasteiger partial charge in [0.1, 0.15) is 0 Å². The van der Waals surface area contributed by atoms with Gasteiger partial charge in [0, 0.05) is 36.4 Å². The highest BCUT2D eigenvalue weighted by atomic mass is 32.2. The molecule has 10 nitrogen and oxygen atoms in total. The number of carbonyl (C=O) groups excluding carboxylic acids is 2. The van der Waals surface area contributed by atoms with Gasteiger partial charge in [0.05, 0.1) is 28.6 Å². The van der Waals surface area contributed by atoms with Crippen LogP contribution in [0.5, 0.6) is 0 Å². The number of hydrogen-bond acceptors (Lipinski definition) is 7. The predicted octanol–water partition coefficient (Wildman–Crippen LogP) is 6.77. The first-order valence-electron chi connectivity index (χ1n) is 18.7. The average Bonchev–Trinajstić information content (AvgIpc) is 3.59. The molecule has 0 spiro atoms. The number of aromatic nitrogens is 2. The molecule has 0 radical (unpaired) electrons. The minimum atomic E-state index is -4.27. The molecule has 0 aliphatic carbocycles. The Kier molecular flexibility index (Phi) is 11.2. The van der Waals surface area contributed by atoms with Crippen LogP contribution in [0, 0.1) is 0 Å². The maximum Gasteiger partial charge on any atom is 0.265 e. The third kappa shape index (κ3) is 7.95. The molecule has 1 aliphatic rings. The van der Waals surface area contributed by atoms with Crippen LogP contribution >= 0.6 is 0 Å². The number of carbonyl (C=O) groups is 2. The summed E-state index contributed by atoms with van der Waals surface area (Å²) in [5.41, 5.74) is 6.58. The molecule has 0 atom stereocenters. The summed E-state index contributed by atoms with van der Waals surface area (Å²) in [6.07, 6.45) is 4.37. The Balaban J connectivity index is 1.31. The number of aliphatic hydroxyl groups excluding tert-OH is 2. The van der Waals surface area contributed by atoms with E-state index in [0.29, 0.717) is 49.2 Å². The molecule has 0 fully saturated rings. The SMILES string of the molecule is CCCCc1c(-c2ccc(C(=O)NS(=O)(=O)c3ccc4ccccc4c3)cc2C(=O)N2CCc3ccccc3C2)c(CO)nn1-c1ccc(CCCO)cc1. The van der Waals surface area contributed by atoms with Gasteiger partial charge in [0.25, 0.3) is 21.8 Å². The molecule has 2 heterocycles. The van der Waals surface area contributed by atoms with Crippen LogP contribution in [0.15, 0.2) is 114 Å². The highest BCUT2D eigenvalue weighted by Crippen LogP contribution is 2.36. The molecule has 6 aromatic rings. The van der Waals surface area contributed by atoms with Crippen molar-refractivity contribution in [3.8, 4) is 16.8 Å². The van der Waals surface area contributed by atoms with E-state index in [1.807, 2.05) is 65.3 Å². The van der Waals surface area contributed by atoms with Gasteiger partial charge in [-0.25, -0.2) is 17.8 Å². The molecule has 3 N–H and O–H groups in total. The zero-order chi connectivity index (χ0) is 38.5. The average molecular weight is 757 g/mol. The first kappa shape index (κ1) is 37.7. The van der Waals surface area contributed by atoms with Crippen LogP contribution in [0.25, 0.3) is 27.6 Å². The Hall–Kier alpha value is -5.62. The van der Waals surface area contributed by atoms with E-state index in [1.165, 1.54) is 29.8 Å². The van der Waals surface area contributed by atoms with Crippen LogP contribution in [0.3, 0.4) is 0 Å². The summed E-state index contributed by atoms with van der Waals surface area (Å²) in [4.78, 5) is 30.2. The molecule has 1 aliphatic heterocycles. The van der Waals surface area contributed by atoms with Crippen molar-refractivity contribution >= 4 is 32.6 Å². The summed E-state index contributed by atoms with van der Waals surface area (Å²) in [5, 5.41) is 26.5. The third-order valence-corrected chi connectivity index (χ3v) is 11.6. The van der Waals surface area contributed by atoms with Crippen LogP contribution in [-0.2, 0) is 42.4 Å². The molecule has 1 aromatic heterocycles. The van der Waals surface area contributed by atoms with Crippen LogP contribution < -0.4 is 4.72 Å². The number of sulfonamides is 1. The Labute approximate surface area is 321 Å². The fourth-order valence-corrected chi connectivity index (χ4v) is 8.30. The van der Waals surface area contributed by atoms with E-state index in [9.17, 15) is 28.2 Å². The van der Waals surface area contributed by atoms with Crippen molar-refractivity contribution in [2.75, 3.05) is 13.2 Å². The topological polar surface area (TPSA) is 142 Å². The minimum absolute atomic E-state index is 0.000361. The summed E-state index contributed by atoms with van der Waals surface area (Å²) in [5.74, 6) is -1.19. The lowest BCUT2D eigenvalue weighted by Crippen LogP contribution is -2.36. The lowest BCUT2D eigenvalue weighted by atomic mass is 9.92. The van der Waals surface area contributed by atoms with Crippen LogP contribution in [0.1, 0.15) is 75.0 Å². The van der Waals surface area contributed by atoms with Crippen LogP contribution in [0.2, 0.25) is 0 Å². The zero-order valence-electron chi connectivity index (χ0n) is 30.7. The molecule has 7 rings (SSSR count). The van der Waals surface area contributed by atoms with Gasteiger partial charge >= 0.3 is 0 Å². The lowest BCUT2D eigenvalue weighted by Gasteiger charge is -2.30. The van der Waals surface area contributed by atoms with Crippen molar-refractivity contribution in [3.05, 3.63) is 148 Å². The second-order valence-electron chi connectivity index (χ2n) is 13.9. The fraction of sp³-hybridized carbons (Fsp3) is 0.250. The summed E-state index contributed by atoms with van der Waals surface area (Å²) in [6.45, 7) is 2.63. The van der Waals surface area contributed by atoms with E-state index >= 15 is 0 Å². The largest absolute Gasteiger partial charge is 0.396 e. The quantitative estimate of drug-likeness (QED) is 0.118. The van der Waals surface area contributed by atoms with Gasteiger partial charge in [0.15, 0.2) is 0 Å². The van der Waals surface area contributed by atoms with E-state index in [1.54, 1.807) is 23.1 Å². The zero-order valence-corrected chi connectivity index (χ0v) is 31.6. The predicted molar refractivity (Wildman–Crippen MR) is 212 cm³/mol. The van der Waals surface area contributed by atoms with Crippen molar-refractivity contribution in [2.45, 2.75) is 63.5 Å². The third-order valence-electron chi connectivity index (χ3n) is 10.2. The number of aliphatic hydroxyl groups is 2. The smallest absolute Gasteiger partial charge is 0.265 e. The molecule has 11 heteroatoms. The lowest BCUT2D eigenvalue weighted by molar-refractivity contribution is 0.0735. The van der Waals surface area contributed by atoms with E-state index in [0.717, 1.165) is 52.5 Å². The number of amides is 2. The Morgan fingerprint density at radius 2 is 1.56 bits per heavy atom. The van der Waals surface area contributed by atoms with Crippen LogP contribution in [-0.4, -0.2) is 58.3 Å². The van der Waals surface area contributed by atoms with Crippen molar-refractivity contribution in [2.24, 2.45) is 0 Å². The summed E-state index contributed by atoms with van der Waals surface area (Å²) in [6, 6.07) is 32.6. The van der Waals surface area contributed by atoms with E-state index < -0.39 is 22.5 Å². The number of unbranched alkanes of at least 4 members (excludes halogenated alkanes) is 1. The van der Waals surface area contributed by atoms with Gasteiger partial charge in [0.2, 0.25) is 0 Å². The van der Waals surface area contributed by atoms with Crippen molar-refractivity contribution in [1.29, 1.82) is 0 Å². The molecule has 0 saturated carbocycles. The number of fused-ring (bicyclic) bond motifs is 2. The summed E-state index contributed by atoms with van der Waals surface area (Å²) in [7, 11) is -4.27. The molecule has 2 amide bonds. The number of nitrogens with zero attached hydrogens (tertiary/aromatic N) is 3. The maximum atomic E-state index is 14.7. The standard InChI is InChI=1S/C44H44N4O6S/c1-2-3-14-41-42(40(29-50)45-48(41)36-19-15-30(16-20-36)9-8-25-49)38-22-18-34(27-39(38)44(52)47-24-23-32-11-5-7-13-35(32)28-47)43(51)46-55(53,54)37-21-17-31-10-4-6-12-33(31)26-37/h4-7,10-13,15-22,26-27,49-50H,2-3,8-9,14,23-25,28-29H2,1H3,(H,46,51). The number of aryl methyl sites for hydroxylation is 1. The number of rotatable bonds is 13. The highest BCUT2D eigenvalue weighted by Gasteiger charge is 2.29. The van der Waals surface area contributed by atoms with E-state index in [4.69, 9.17) is 5.10 Å². The molecule has 0 bridgehead atoms. The molecular formula is C44H44N4O6S. The fourth-order valence-electron chi connectivity index (χ4n) is 7.30. The van der Waals surface area contributed by atoms with Gasteiger partial charge in [-0.15, -0.1) is 0 Å². The first-order valence-corrected chi connectivity index (χ1v) is 20.2. The van der Waals surface area contributed by atoms with Crippen LogP contribution in [0.4, 0.5) is 0 Å². The Morgan fingerprint density at radius 1 is 0.818 bits per heavy atom. The molecular weight excluding hydrogens is 713 g/mol. The monoisotopic (exact) mass is 756 g/mol. The molecule has 282 valence electrons. The molecule has 55 heavy (non-hydrogen) atoms.